The van der Waals surface area contributed by atoms with E-state index in [4.69, 9.17) is 10.5 Å². The Labute approximate surface area is 114 Å². The van der Waals surface area contributed by atoms with Crippen LogP contribution in [0.15, 0.2) is 18.2 Å². The van der Waals surface area contributed by atoms with Gasteiger partial charge in [-0.15, -0.1) is 0 Å². The van der Waals surface area contributed by atoms with Crippen LogP contribution in [-0.2, 0) is 0 Å². The molecule has 0 fully saturated rings. The Morgan fingerprint density at radius 3 is 2.68 bits per heavy atom. The summed E-state index contributed by atoms with van der Waals surface area (Å²) in [7, 11) is 5.58. The number of nitrogen functional groups attached to an aromatic ring is 1. The van der Waals surface area contributed by atoms with Crippen molar-refractivity contribution in [3.05, 3.63) is 23.8 Å². The second kappa shape index (κ2) is 6.99. The van der Waals surface area contributed by atoms with Crippen molar-refractivity contribution in [2.45, 2.75) is 19.4 Å². The lowest BCUT2D eigenvalue weighted by molar-refractivity contribution is 0.0937. The molecule has 0 aromatic heterocycles. The van der Waals surface area contributed by atoms with Crippen molar-refractivity contribution in [1.82, 2.24) is 10.2 Å². The third-order valence-corrected chi connectivity index (χ3v) is 2.88. The molecule has 1 rings (SSSR count). The highest BCUT2D eigenvalue weighted by molar-refractivity contribution is 5.95. The van der Waals surface area contributed by atoms with Gasteiger partial charge in [-0.25, -0.2) is 0 Å². The van der Waals surface area contributed by atoms with E-state index in [2.05, 4.69) is 10.2 Å². The third-order valence-electron chi connectivity index (χ3n) is 2.88. The normalized spacial score (nSPS) is 12.3. The number of hydrogen-bond donors (Lipinski definition) is 2. The van der Waals surface area contributed by atoms with E-state index in [1.165, 1.54) is 0 Å². The van der Waals surface area contributed by atoms with Gasteiger partial charge in [0.25, 0.3) is 5.91 Å². The van der Waals surface area contributed by atoms with E-state index in [0.717, 1.165) is 13.0 Å². The number of benzene rings is 1. The Morgan fingerprint density at radius 1 is 1.47 bits per heavy atom. The van der Waals surface area contributed by atoms with Crippen LogP contribution in [0.2, 0.25) is 0 Å². The average molecular weight is 265 g/mol. The number of carbonyl (C=O) groups excluding carboxylic acids is 1. The van der Waals surface area contributed by atoms with Crippen LogP contribution >= 0.6 is 0 Å². The van der Waals surface area contributed by atoms with Crippen molar-refractivity contribution >= 4 is 11.6 Å². The molecule has 5 nitrogen and oxygen atoms in total. The molecular formula is C14H23N3O2. The highest BCUT2D eigenvalue weighted by Crippen LogP contribution is 2.21. The molecule has 1 atom stereocenters. The van der Waals surface area contributed by atoms with E-state index < -0.39 is 0 Å². The summed E-state index contributed by atoms with van der Waals surface area (Å²) in [6.07, 6.45) is 0.907. The zero-order valence-electron chi connectivity index (χ0n) is 12.1. The molecule has 0 bridgehead atoms. The quantitative estimate of drug-likeness (QED) is 0.762. The van der Waals surface area contributed by atoms with Gasteiger partial charge >= 0.3 is 0 Å². The summed E-state index contributed by atoms with van der Waals surface area (Å²) in [4.78, 5) is 14.1. The van der Waals surface area contributed by atoms with Gasteiger partial charge in [0.05, 0.1) is 12.8 Å². The van der Waals surface area contributed by atoms with Crippen molar-refractivity contribution < 1.29 is 9.53 Å². The van der Waals surface area contributed by atoms with Crippen LogP contribution in [0.25, 0.3) is 0 Å². The maximum absolute atomic E-state index is 12.0. The molecule has 19 heavy (non-hydrogen) atoms. The van der Waals surface area contributed by atoms with Crippen molar-refractivity contribution in [3.63, 3.8) is 0 Å². The number of amides is 1. The summed E-state index contributed by atoms with van der Waals surface area (Å²) in [6, 6.07) is 5.17. The number of rotatable bonds is 6. The van der Waals surface area contributed by atoms with Crippen molar-refractivity contribution in [2.75, 3.05) is 33.5 Å². The molecule has 1 aromatic carbocycles. The molecule has 1 amide bonds. The SMILES string of the molecule is COc1ccc(C(=O)NC(C)CCN(C)C)cc1N. The number of nitrogens with two attached hydrogens (primary N) is 1. The van der Waals surface area contributed by atoms with Gasteiger partial charge in [-0.2, -0.15) is 0 Å². The topological polar surface area (TPSA) is 67.6 Å². The fraction of sp³-hybridized carbons (Fsp3) is 0.500. The molecule has 3 N–H and O–H groups in total. The van der Waals surface area contributed by atoms with E-state index in [1.807, 2.05) is 21.0 Å². The molecule has 0 aliphatic carbocycles. The van der Waals surface area contributed by atoms with Gasteiger partial charge in [0.1, 0.15) is 5.75 Å². The fourth-order valence-corrected chi connectivity index (χ4v) is 1.71. The minimum Gasteiger partial charge on any atom is -0.495 e. The highest BCUT2D eigenvalue weighted by atomic mass is 16.5. The Kier molecular flexibility index (Phi) is 5.63. The first-order valence-corrected chi connectivity index (χ1v) is 6.33. The average Bonchev–Trinajstić information content (AvgIpc) is 2.36. The number of ether oxygens (including phenoxy) is 1. The molecule has 0 radical (unpaired) electrons. The molecule has 0 aliphatic rings. The number of hydrogen-bond acceptors (Lipinski definition) is 4. The Hall–Kier alpha value is -1.75. The number of methoxy groups -OCH3 is 1. The standard InChI is InChI=1S/C14H23N3O2/c1-10(7-8-17(2)3)16-14(18)11-5-6-13(19-4)12(15)9-11/h5-6,9-10H,7-8,15H2,1-4H3,(H,16,18). The second-order valence-electron chi connectivity index (χ2n) is 4.92. The number of nitrogens with one attached hydrogen (secondary N) is 1. The molecule has 0 saturated heterocycles. The Morgan fingerprint density at radius 2 is 2.16 bits per heavy atom. The molecule has 106 valence electrons. The minimum absolute atomic E-state index is 0.111. The van der Waals surface area contributed by atoms with Crippen LogP contribution in [0.4, 0.5) is 5.69 Å². The van der Waals surface area contributed by atoms with Gasteiger partial charge < -0.3 is 20.7 Å². The smallest absolute Gasteiger partial charge is 0.251 e. The molecule has 5 heteroatoms. The minimum atomic E-state index is -0.111. The van der Waals surface area contributed by atoms with Gasteiger partial charge in [0.15, 0.2) is 0 Å². The molecule has 0 heterocycles. The maximum atomic E-state index is 12.0. The van der Waals surface area contributed by atoms with Gasteiger partial charge in [-0.1, -0.05) is 0 Å². The van der Waals surface area contributed by atoms with Crippen molar-refractivity contribution in [2.24, 2.45) is 0 Å². The van der Waals surface area contributed by atoms with E-state index >= 15 is 0 Å². The van der Waals surface area contributed by atoms with Crippen molar-refractivity contribution in [1.29, 1.82) is 0 Å². The molecule has 1 unspecified atom stereocenters. The summed E-state index contributed by atoms with van der Waals surface area (Å²) in [5, 5.41) is 2.95. The van der Waals surface area contributed by atoms with E-state index in [1.54, 1.807) is 25.3 Å². The summed E-state index contributed by atoms with van der Waals surface area (Å²) in [5.74, 6) is 0.470. The monoisotopic (exact) mass is 265 g/mol. The van der Waals surface area contributed by atoms with Crippen LogP contribution in [-0.4, -0.2) is 44.6 Å². The van der Waals surface area contributed by atoms with Gasteiger partial charge in [-0.05, 0) is 52.2 Å². The molecule has 1 aromatic rings. The number of nitrogens with zero attached hydrogens (tertiary/aromatic N) is 1. The first kappa shape index (κ1) is 15.3. The molecule has 0 aliphatic heterocycles. The predicted octanol–water partition coefficient (Wildman–Crippen LogP) is 1.35. The Balaban J connectivity index is 2.60. The first-order valence-electron chi connectivity index (χ1n) is 6.33. The van der Waals surface area contributed by atoms with Crippen LogP contribution < -0.4 is 15.8 Å². The second-order valence-corrected chi connectivity index (χ2v) is 4.92. The summed E-state index contributed by atoms with van der Waals surface area (Å²) >= 11 is 0. The maximum Gasteiger partial charge on any atom is 0.251 e. The van der Waals surface area contributed by atoms with Crippen LogP contribution in [0.1, 0.15) is 23.7 Å². The lowest BCUT2D eigenvalue weighted by atomic mass is 10.1. The highest BCUT2D eigenvalue weighted by Gasteiger charge is 2.11. The molecular weight excluding hydrogens is 242 g/mol. The van der Waals surface area contributed by atoms with E-state index in [-0.39, 0.29) is 11.9 Å². The van der Waals surface area contributed by atoms with Crippen LogP contribution in [0.3, 0.4) is 0 Å². The van der Waals surface area contributed by atoms with Crippen molar-refractivity contribution in [3.8, 4) is 5.75 Å². The predicted molar refractivity (Wildman–Crippen MR) is 77.5 cm³/mol. The third kappa shape index (κ3) is 4.79. The largest absolute Gasteiger partial charge is 0.495 e. The van der Waals surface area contributed by atoms with Crippen LogP contribution in [0.5, 0.6) is 5.75 Å². The number of anilines is 1. The van der Waals surface area contributed by atoms with E-state index in [0.29, 0.717) is 17.0 Å². The van der Waals surface area contributed by atoms with Gasteiger partial charge in [0.2, 0.25) is 0 Å². The number of carbonyl (C=O) groups is 1. The van der Waals surface area contributed by atoms with E-state index in [9.17, 15) is 4.79 Å². The van der Waals surface area contributed by atoms with Gasteiger partial charge in [-0.3, -0.25) is 4.79 Å². The summed E-state index contributed by atoms with van der Waals surface area (Å²) in [6.45, 7) is 2.93. The van der Waals surface area contributed by atoms with Crippen LogP contribution in [0, 0.1) is 0 Å². The zero-order chi connectivity index (χ0) is 14.4. The lowest BCUT2D eigenvalue weighted by Gasteiger charge is -2.17. The zero-order valence-corrected chi connectivity index (χ0v) is 12.1. The lowest BCUT2D eigenvalue weighted by Crippen LogP contribution is -2.34. The van der Waals surface area contributed by atoms with Gasteiger partial charge in [0, 0.05) is 11.6 Å². The summed E-state index contributed by atoms with van der Waals surface area (Å²) < 4.78 is 5.06. The Bertz CT molecular complexity index is 433. The first-order chi connectivity index (χ1) is 8.93. The fourth-order valence-electron chi connectivity index (χ4n) is 1.71. The molecule has 0 saturated carbocycles. The molecule has 0 spiro atoms. The summed E-state index contributed by atoms with van der Waals surface area (Å²) in [5.41, 5.74) is 6.81.